The van der Waals surface area contributed by atoms with Crippen LogP contribution in [-0.4, -0.2) is 23.4 Å². The first kappa shape index (κ1) is 16.8. The Morgan fingerprint density at radius 1 is 1.28 bits per heavy atom. The molecule has 0 spiro atoms. The van der Waals surface area contributed by atoms with Crippen LogP contribution in [0.3, 0.4) is 0 Å². The number of carbonyl (C=O) groups excluding carboxylic acids is 2. The third-order valence-electron chi connectivity index (χ3n) is 3.86. The summed E-state index contributed by atoms with van der Waals surface area (Å²) in [5.74, 6) is 1.11. The van der Waals surface area contributed by atoms with E-state index in [1.54, 1.807) is 12.1 Å². The Balaban J connectivity index is 1.41. The smallest absolute Gasteiger partial charge is 0.224 e. The summed E-state index contributed by atoms with van der Waals surface area (Å²) in [7, 11) is 0. The van der Waals surface area contributed by atoms with E-state index in [2.05, 4.69) is 15.6 Å². The van der Waals surface area contributed by atoms with Crippen LogP contribution in [0.15, 0.2) is 36.5 Å². The molecule has 1 aliphatic rings. The highest BCUT2D eigenvalue weighted by atomic mass is 16.5. The summed E-state index contributed by atoms with van der Waals surface area (Å²) in [4.78, 5) is 27.1. The number of benzene rings is 1. The fourth-order valence-electron chi connectivity index (χ4n) is 2.58. The average molecular weight is 340 g/mol. The number of hydrogen-bond donors (Lipinski definition) is 3. The number of ether oxygens (including phenoxy) is 1. The quantitative estimate of drug-likeness (QED) is 0.700. The number of hydrogen-bond acceptors (Lipinski definition) is 5. The predicted molar refractivity (Wildman–Crippen MR) is 95.4 cm³/mol. The van der Waals surface area contributed by atoms with Crippen LogP contribution >= 0.6 is 0 Å². The van der Waals surface area contributed by atoms with Crippen LogP contribution in [0, 0.1) is 0 Å². The number of pyridine rings is 1. The summed E-state index contributed by atoms with van der Waals surface area (Å²) in [6, 6.07) is 8.96. The van der Waals surface area contributed by atoms with E-state index < -0.39 is 0 Å². The molecule has 0 bridgehead atoms. The van der Waals surface area contributed by atoms with Crippen molar-refractivity contribution in [3.63, 3.8) is 0 Å². The normalized spacial score (nSPS) is 12.9. The zero-order valence-electron chi connectivity index (χ0n) is 13.7. The van der Waals surface area contributed by atoms with Crippen molar-refractivity contribution in [2.24, 2.45) is 0 Å². The summed E-state index contributed by atoms with van der Waals surface area (Å²) >= 11 is 0. The lowest BCUT2D eigenvalue weighted by atomic mass is 10.0. The second-order valence-corrected chi connectivity index (χ2v) is 5.84. The molecule has 0 radical (unpaired) electrons. The number of anilines is 3. The van der Waals surface area contributed by atoms with Gasteiger partial charge in [-0.3, -0.25) is 9.59 Å². The van der Waals surface area contributed by atoms with Gasteiger partial charge in [-0.05, 0) is 48.7 Å². The largest absolute Gasteiger partial charge is 0.494 e. The third kappa shape index (κ3) is 4.69. The Bertz CT molecular complexity index is 774. The molecule has 7 nitrogen and oxygen atoms in total. The van der Waals surface area contributed by atoms with Crippen LogP contribution in [0.5, 0.6) is 5.75 Å². The average Bonchev–Trinajstić information content (AvgIpc) is 2.61. The van der Waals surface area contributed by atoms with Crippen LogP contribution in [-0.2, 0) is 16.0 Å². The molecular formula is C18H20N4O3. The molecule has 130 valence electrons. The molecule has 1 aromatic carbocycles. The van der Waals surface area contributed by atoms with Crippen molar-refractivity contribution < 1.29 is 14.3 Å². The van der Waals surface area contributed by atoms with Gasteiger partial charge in [0, 0.05) is 18.5 Å². The number of nitrogen functional groups attached to an aromatic ring is 1. The maximum Gasteiger partial charge on any atom is 0.224 e. The van der Waals surface area contributed by atoms with Crippen molar-refractivity contribution in [3.8, 4) is 5.75 Å². The van der Waals surface area contributed by atoms with Gasteiger partial charge in [-0.1, -0.05) is 0 Å². The topological polar surface area (TPSA) is 106 Å². The van der Waals surface area contributed by atoms with Crippen molar-refractivity contribution in [2.45, 2.75) is 25.7 Å². The van der Waals surface area contributed by atoms with Crippen molar-refractivity contribution in [1.82, 2.24) is 4.98 Å². The van der Waals surface area contributed by atoms with E-state index in [4.69, 9.17) is 10.5 Å². The molecule has 0 saturated carbocycles. The van der Waals surface area contributed by atoms with E-state index in [1.165, 1.54) is 6.20 Å². The first-order chi connectivity index (χ1) is 12.1. The Morgan fingerprint density at radius 3 is 2.96 bits per heavy atom. The van der Waals surface area contributed by atoms with E-state index in [0.29, 0.717) is 37.4 Å². The lowest BCUT2D eigenvalue weighted by Crippen LogP contribution is -2.18. The molecule has 3 rings (SSSR count). The number of aromatic nitrogens is 1. The Kier molecular flexibility index (Phi) is 5.13. The number of fused-ring (bicyclic) bond motifs is 1. The van der Waals surface area contributed by atoms with Crippen LogP contribution < -0.4 is 21.1 Å². The minimum absolute atomic E-state index is 0.0449. The summed E-state index contributed by atoms with van der Waals surface area (Å²) in [6.45, 7) is 0.443. The first-order valence-corrected chi connectivity index (χ1v) is 8.17. The summed E-state index contributed by atoms with van der Waals surface area (Å²) in [5, 5.41) is 5.60. The molecule has 2 amide bonds. The monoisotopic (exact) mass is 340 g/mol. The molecule has 2 heterocycles. The van der Waals surface area contributed by atoms with Gasteiger partial charge in [0.1, 0.15) is 11.6 Å². The van der Waals surface area contributed by atoms with Crippen LogP contribution in [0.4, 0.5) is 17.2 Å². The van der Waals surface area contributed by atoms with Gasteiger partial charge in [0.2, 0.25) is 11.8 Å². The molecule has 0 saturated heterocycles. The van der Waals surface area contributed by atoms with Gasteiger partial charge in [0.05, 0.1) is 18.5 Å². The Labute approximate surface area is 145 Å². The van der Waals surface area contributed by atoms with Gasteiger partial charge < -0.3 is 21.1 Å². The van der Waals surface area contributed by atoms with Gasteiger partial charge in [0.15, 0.2) is 0 Å². The van der Waals surface area contributed by atoms with Gasteiger partial charge in [-0.2, -0.15) is 0 Å². The molecule has 7 heteroatoms. The highest BCUT2D eigenvalue weighted by molar-refractivity contribution is 5.94. The van der Waals surface area contributed by atoms with Crippen molar-refractivity contribution in [3.05, 3.63) is 42.1 Å². The maximum absolute atomic E-state index is 11.9. The maximum atomic E-state index is 11.9. The second-order valence-electron chi connectivity index (χ2n) is 5.84. The number of nitrogens with zero attached hydrogens (tertiary/aromatic N) is 1. The van der Waals surface area contributed by atoms with Crippen LogP contribution in [0.25, 0.3) is 0 Å². The van der Waals surface area contributed by atoms with E-state index in [-0.39, 0.29) is 11.8 Å². The number of nitrogens with two attached hydrogens (primary N) is 1. The van der Waals surface area contributed by atoms with E-state index in [9.17, 15) is 9.59 Å². The number of amides is 2. The Morgan fingerprint density at radius 2 is 2.16 bits per heavy atom. The van der Waals surface area contributed by atoms with Gasteiger partial charge >= 0.3 is 0 Å². The summed E-state index contributed by atoms with van der Waals surface area (Å²) in [6.07, 6.45) is 3.69. The summed E-state index contributed by atoms with van der Waals surface area (Å²) in [5.41, 5.74) is 8.04. The molecule has 25 heavy (non-hydrogen) atoms. The predicted octanol–water partition coefficient (Wildman–Crippen LogP) is 2.35. The molecule has 0 aliphatic carbocycles. The zero-order chi connectivity index (χ0) is 17.6. The van der Waals surface area contributed by atoms with Crippen molar-refractivity contribution in [2.75, 3.05) is 23.0 Å². The molecule has 4 N–H and O–H groups in total. The minimum Gasteiger partial charge on any atom is -0.494 e. The molecule has 1 aliphatic heterocycles. The molecule has 2 aromatic rings. The molecule has 0 unspecified atom stereocenters. The van der Waals surface area contributed by atoms with Crippen LogP contribution in [0.1, 0.15) is 24.8 Å². The second kappa shape index (κ2) is 7.65. The van der Waals surface area contributed by atoms with Gasteiger partial charge in [-0.25, -0.2) is 4.98 Å². The lowest BCUT2D eigenvalue weighted by Gasteiger charge is -2.17. The van der Waals surface area contributed by atoms with E-state index >= 15 is 0 Å². The number of nitrogens with one attached hydrogen (secondary N) is 2. The van der Waals surface area contributed by atoms with Crippen molar-refractivity contribution in [1.29, 1.82) is 0 Å². The fraction of sp³-hybridized carbons (Fsp3) is 0.278. The molecule has 0 atom stereocenters. The number of rotatable bonds is 6. The van der Waals surface area contributed by atoms with Gasteiger partial charge in [0.25, 0.3) is 0 Å². The van der Waals surface area contributed by atoms with Gasteiger partial charge in [-0.15, -0.1) is 0 Å². The number of aryl methyl sites for hydroxylation is 1. The molecule has 1 aromatic heterocycles. The van der Waals surface area contributed by atoms with Crippen molar-refractivity contribution >= 4 is 29.0 Å². The van der Waals surface area contributed by atoms with E-state index in [1.807, 2.05) is 18.2 Å². The summed E-state index contributed by atoms with van der Waals surface area (Å²) < 4.78 is 5.69. The minimum atomic E-state index is -0.0941. The Hall–Kier alpha value is -3.09. The SMILES string of the molecule is Nc1ccc(NC(=O)CCCOc2ccc3c(c2)CCC(=O)N3)cn1. The molecular weight excluding hydrogens is 320 g/mol. The first-order valence-electron chi connectivity index (χ1n) is 8.17. The standard InChI is InChI=1S/C18H20N4O3/c19-16-7-4-13(11-20-16)21-17(23)2-1-9-25-14-5-6-15-12(10-14)3-8-18(24)22-15/h4-7,10-11H,1-3,8-9H2,(H2,19,20)(H,21,23)(H,22,24). The highest BCUT2D eigenvalue weighted by Crippen LogP contribution is 2.26. The zero-order valence-corrected chi connectivity index (χ0v) is 13.7. The lowest BCUT2D eigenvalue weighted by molar-refractivity contribution is -0.117. The van der Waals surface area contributed by atoms with Crippen LogP contribution in [0.2, 0.25) is 0 Å². The third-order valence-corrected chi connectivity index (χ3v) is 3.86. The fourth-order valence-corrected chi connectivity index (χ4v) is 2.58. The number of carbonyl (C=O) groups is 2. The highest BCUT2D eigenvalue weighted by Gasteiger charge is 2.15. The van der Waals surface area contributed by atoms with E-state index in [0.717, 1.165) is 23.4 Å². The molecule has 0 fully saturated rings.